The summed E-state index contributed by atoms with van der Waals surface area (Å²) in [5.74, 6) is 0.901. The average Bonchev–Trinajstić information content (AvgIpc) is 3.23. The summed E-state index contributed by atoms with van der Waals surface area (Å²) >= 11 is 1.62. The third-order valence-corrected chi connectivity index (χ3v) is 6.83. The van der Waals surface area contributed by atoms with Gasteiger partial charge in [-0.2, -0.15) is 5.26 Å². The van der Waals surface area contributed by atoms with Gasteiger partial charge in [-0.3, -0.25) is 9.69 Å². The highest BCUT2D eigenvalue weighted by Gasteiger charge is 2.35. The number of likely N-dealkylation sites (tertiary alicyclic amines) is 1. The molecule has 140 valence electrons. The molecule has 0 amide bonds. The molecule has 1 saturated heterocycles. The molecule has 0 N–H and O–H groups in total. The van der Waals surface area contributed by atoms with E-state index in [1.807, 2.05) is 46.3 Å². The second-order valence-corrected chi connectivity index (χ2v) is 8.82. The number of piperidine rings is 1. The minimum Gasteiger partial charge on any atom is -0.311 e. The fraction of sp³-hybridized carbons (Fsp3) is 0.304. The fourth-order valence-electron chi connectivity index (χ4n) is 4.79. The van der Waals surface area contributed by atoms with Gasteiger partial charge >= 0.3 is 0 Å². The van der Waals surface area contributed by atoms with E-state index >= 15 is 0 Å². The minimum atomic E-state index is 0.157. The van der Waals surface area contributed by atoms with E-state index in [9.17, 15) is 4.79 Å². The Morgan fingerprint density at radius 3 is 2.86 bits per heavy atom. The van der Waals surface area contributed by atoms with E-state index in [1.54, 1.807) is 11.3 Å². The molecule has 0 radical (unpaired) electrons. The van der Waals surface area contributed by atoms with Crippen molar-refractivity contribution in [1.82, 2.24) is 9.47 Å². The van der Waals surface area contributed by atoms with Crippen molar-refractivity contribution in [2.75, 3.05) is 13.1 Å². The molecule has 5 rings (SSSR count). The van der Waals surface area contributed by atoms with Gasteiger partial charge in [0.15, 0.2) is 0 Å². The number of hydrogen-bond acceptors (Lipinski definition) is 4. The third kappa shape index (κ3) is 3.09. The predicted octanol–water partition coefficient (Wildman–Crippen LogP) is 4.07. The van der Waals surface area contributed by atoms with Gasteiger partial charge in [-0.05, 0) is 53.6 Å². The van der Waals surface area contributed by atoms with E-state index in [0.717, 1.165) is 43.0 Å². The van der Waals surface area contributed by atoms with Gasteiger partial charge in [-0.15, -0.1) is 11.3 Å². The lowest BCUT2D eigenvalue weighted by Crippen LogP contribution is -2.46. The van der Waals surface area contributed by atoms with Crippen molar-refractivity contribution in [1.29, 1.82) is 5.26 Å². The van der Waals surface area contributed by atoms with Crippen molar-refractivity contribution in [2.24, 2.45) is 5.92 Å². The zero-order valence-corrected chi connectivity index (χ0v) is 16.4. The normalized spacial score (nSPS) is 21.1. The molecule has 2 unspecified atom stereocenters. The summed E-state index contributed by atoms with van der Waals surface area (Å²) in [6, 6.07) is 18.3. The topological polar surface area (TPSA) is 49.0 Å². The standard InChI is InChI=1S/C23H21N3OS/c24-11-16-3-1-4-17(9-16)12-25-13-18-10-19(15-25)21-7-6-20(22-5-2-8-28-22)23(27)26(21)14-18/h1-9,18-19H,10,12-15H2. The Hall–Kier alpha value is -2.68. The lowest BCUT2D eigenvalue weighted by atomic mass is 9.82. The maximum Gasteiger partial charge on any atom is 0.259 e. The van der Waals surface area contributed by atoms with Gasteiger partial charge in [0.25, 0.3) is 5.56 Å². The monoisotopic (exact) mass is 387 g/mol. The minimum absolute atomic E-state index is 0.157. The van der Waals surface area contributed by atoms with E-state index in [-0.39, 0.29) is 5.56 Å². The number of hydrogen-bond donors (Lipinski definition) is 0. The number of aromatic nitrogens is 1. The number of fused-ring (bicyclic) bond motifs is 4. The smallest absolute Gasteiger partial charge is 0.259 e. The molecular weight excluding hydrogens is 366 g/mol. The Labute approximate surface area is 168 Å². The molecule has 2 aliphatic rings. The summed E-state index contributed by atoms with van der Waals surface area (Å²) in [5.41, 5.74) is 4.06. The summed E-state index contributed by atoms with van der Waals surface area (Å²) in [6.07, 6.45) is 1.16. The van der Waals surface area contributed by atoms with E-state index in [4.69, 9.17) is 5.26 Å². The zero-order valence-electron chi connectivity index (χ0n) is 15.5. The molecule has 5 heteroatoms. The zero-order chi connectivity index (χ0) is 19.1. The van der Waals surface area contributed by atoms with Crippen LogP contribution in [0.25, 0.3) is 10.4 Å². The third-order valence-electron chi connectivity index (χ3n) is 5.93. The van der Waals surface area contributed by atoms with Gasteiger partial charge in [0.1, 0.15) is 0 Å². The first-order valence-electron chi connectivity index (χ1n) is 9.70. The Kier molecular flexibility index (Phi) is 4.38. The molecule has 2 bridgehead atoms. The molecule has 2 aliphatic heterocycles. The Morgan fingerprint density at radius 2 is 2.04 bits per heavy atom. The molecule has 1 aromatic carbocycles. The highest BCUT2D eigenvalue weighted by molar-refractivity contribution is 7.13. The van der Waals surface area contributed by atoms with Crippen LogP contribution in [-0.2, 0) is 13.1 Å². The van der Waals surface area contributed by atoms with Crippen LogP contribution in [0.2, 0.25) is 0 Å². The molecule has 2 aromatic heterocycles. The second kappa shape index (κ2) is 7.05. The van der Waals surface area contributed by atoms with Gasteiger partial charge in [0.05, 0.1) is 17.2 Å². The highest BCUT2D eigenvalue weighted by atomic mass is 32.1. The first-order valence-corrected chi connectivity index (χ1v) is 10.6. The van der Waals surface area contributed by atoms with Crippen LogP contribution in [0.1, 0.15) is 29.2 Å². The quantitative estimate of drug-likeness (QED) is 0.681. The maximum atomic E-state index is 13.1. The number of nitriles is 1. The van der Waals surface area contributed by atoms with Gasteiger partial charge < -0.3 is 4.57 Å². The van der Waals surface area contributed by atoms with Crippen molar-refractivity contribution in [3.63, 3.8) is 0 Å². The average molecular weight is 388 g/mol. The molecule has 0 aliphatic carbocycles. The van der Waals surface area contributed by atoms with Crippen LogP contribution < -0.4 is 5.56 Å². The van der Waals surface area contributed by atoms with Crippen LogP contribution >= 0.6 is 11.3 Å². The summed E-state index contributed by atoms with van der Waals surface area (Å²) < 4.78 is 2.03. The Bertz CT molecular complexity index is 1110. The van der Waals surface area contributed by atoms with Crippen molar-refractivity contribution in [3.05, 3.63) is 81.1 Å². The van der Waals surface area contributed by atoms with E-state index < -0.39 is 0 Å². The van der Waals surface area contributed by atoms with Crippen LogP contribution in [0.4, 0.5) is 0 Å². The van der Waals surface area contributed by atoms with Gasteiger partial charge in [0, 0.05) is 42.7 Å². The lowest BCUT2D eigenvalue weighted by molar-refractivity contribution is 0.114. The van der Waals surface area contributed by atoms with Crippen molar-refractivity contribution >= 4 is 11.3 Å². The number of benzene rings is 1. The van der Waals surface area contributed by atoms with Crippen LogP contribution in [0.5, 0.6) is 0 Å². The van der Waals surface area contributed by atoms with Crippen molar-refractivity contribution < 1.29 is 0 Å². The first-order chi connectivity index (χ1) is 13.7. The predicted molar refractivity (Wildman–Crippen MR) is 111 cm³/mol. The second-order valence-electron chi connectivity index (χ2n) is 7.87. The molecule has 2 atom stereocenters. The number of pyridine rings is 1. The van der Waals surface area contributed by atoms with Crippen LogP contribution in [0.3, 0.4) is 0 Å². The largest absolute Gasteiger partial charge is 0.311 e. The van der Waals surface area contributed by atoms with Crippen LogP contribution in [0.15, 0.2) is 58.7 Å². The maximum absolute atomic E-state index is 13.1. The molecule has 0 spiro atoms. The molecule has 1 fully saturated rings. The van der Waals surface area contributed by atoms with Gasteiger partial charge in [-0.25, -0.2) is 0 Å². The Balaban J connectivity index is 1.42. The first kappa shape index (κ1) is 17.4. The van der Waals surface area contributed by atoms with Gasteiger partial charge in [-0.1, -0.05) is 18.2 Å². The van der Waals surface area contributed by atoms with Gasteiger partial charge in [0.2, 0.25) is 0 Å². The number of rotatable bonds is 3. The SMILES string of the molecule is N#Cc1cccc(CN2CC3CC(C2)c2ccc(-c4cccs4)c(=O)n2C3)c1. The molecular formula is C23H21N3OS. The van der Waals surface area contributed by atoms with Crippen molar-refractivity contribution in [3.8, 4) is 16.5 Å². The highest BCUT2D eigenvalue weighted by Crippen LogP contribution is 2.36. The lowest BCUT2D eigenvalue weighted by Gasteiger charge is -2.43. The van der Waals surface area contributed by atoms with Crippen LogP contribution in [0, 0.1) is 17.2 Å². The van der Waals surface area contributed by atoms with E-state index in [1.165, 1.54) is 11.3 Å². The fourth-order valence-corrected chi connectivity index (χ4v) is 5.53. The summed E-state index contributed by atoms with van der Waals surface area (Å²) in [7, 11) is 0. The van der Waals surface area contributed by atoms with E-state index in [2.05, 4.69) is 23.1 Å². The summed E-state index contributed by atoms with van der Waals surface area (Å²) in [5, 5.41) is 11.2. The molecule has 28 heavy (non-hydrogen) atoms. The van der Waals surface area contributed by atoms with E-state index in [0.29, 0.717) is 17.4 Å². The number of nitrogens with zero attached hydrogens (tertiary/aromatic N) is 3. The molecule has 4 heterocycles. The molecule has 3 aromatic rings. The van der Waals surface area contributed by atoms with Crippen molar-refractivity contribution in [2.45, 2.75) is 25.4 Å². The Morgan fingerprint density at radius 1 is 1.11 bits per heavy atom. The molecule has 4 nitrogen and oxygen atoms in total. The summed E-state index contributed by atoms with van der Waals surface area (Å²) in [4.78, 5) is 16.6. The number of thiophene rings is 1. The summed E-state index contributed by atoms with van der Waals surface area (Å²) in [6.45, 7) is 3.63. The van der Waals surface area contributed by atoms with Crippen LogP contribution in [-0.4, -0.2) is 22.6 Å². The molecule has 0 saturated carbocycles.